The molecular weight excluding hydrogens is 354 g/mol. The number of hydrogen-bond donors (Lipinski definition) is 1. The minimum Gasteiger partial charge on any atom is -0.494 e. The molecule has 0 aliphatic heterocycles. The van der Waals surface area contributed by atoms with Crippen LogP contribution in [0.2, 0.25) is 0 Å². The third-order valence-electron chi connectivity index (χ3n) is 3.91. The van der Waals surface area contributed by atoms with E-state index in [0.29, 0.717) is 17.2 Å². The Labute approximate surface area is 163 Å². The van der Waals surface area contributed by atoms with Crippen LogP contribution in [-0.2, 0) is 0 Å². The van der Waals surface area contributed by atoms with E-state index >= 15 is 0 Å². The van der Waals surface area contributed by atoms with E-state index in [9.17, 15) is 5.26 Å². The minimum absolute atomic E-state index is 0.500. The van der Waals surface area contributed by atoms with Gasteiger partial charge in [0.25, 0.3) is 0 Å². The Hall–Kier alpha value is -3.10. The summed E-state index contributed by atoms with van der Waals surface area (Å²) >= 11 is 1.46. The Morgan fingerprint density at radius 1 is 1.22 bits per heavy atom. The zero-order valence-electron chi connectivity index (χ0n) is 15.2. The monoisotopic (exact) mass is 375 g/mol. The van der Waals surface area contributed by atoms with Gasteiger partial charge in [-0.1, -0.05) is 49.7 Å². The van der Waals surface area contributed by atoms with E-state index in [4.69, 9.17) is 4.74 Å². The molecule has 5 heteroatoms. The van der Waals surface area contributed by atoms with E-state index in [0.717, 1.165) is 35.5 Å². The second-order valence-corrected chi connectivity index (χ2v) is 6.81. The average molecular weight is 375 g/mol. The number of ether oxygens (including phenoxy) is 1. The van der Waals surface area contributed by atoms with Gasteiger partial charge in [-0.25, -0.2) is 4.98 Å². The number of rotatable bonds is 8. The third-order valence-corrected chi connectivity index (χ3v) is 4.78. The van der Waals surface area contributed by atoms with E-state index in [1.54, 1.807) is 6.20 Å². The molecule has 0 aliphatic carbocycles. The second-order valence-electron chi connectivity index (χ2n) is 5.95. The van der Waals surface area contributed by atoms with Crippen LogP contribution < -0.4 is 10.1 Å². The van der Waals surface area contributed by atoms with Crippen molar-refractivity contribution in [3.05, 3.63) is 71.2 Å². The van der Waals surface area contributed by atoms with Gasteiger partial charge in [0.2, 0.25) is 0 Å². The van der Waals surface area contributed by atoms with Crippen LogP contribution >= 0.6 is 11.3 Å². The fraction of sp³-hybridized carbons (Fsp3) is 0.182. The maximum atomic E-state index is 9.52. The van der Waals surface area contributed by atoms with Crippen LogP contribution in [0.1, 0.15) is 24.8 Å². The SMILES string of the molecule is CCCCOc1cccc(N/C=C(\C#N)c2nc(-c3ccccc3)cs2)c1. The summed E-state index contributed by atoms with van der Waals surface area (Å²) in [5.74, 6) is 0.820. The molecule has 1 heterocycles. The maximum absolute atomic E-state index is 9.52. The molecule has 0 unspecified atom stereocenters. The van der Waals surface area contributed by atoms with Crippen LogP contribution in [0.25, 0.3) is 16.8 Å². The molecule has 0 radical (unpaired) electrons. The Kier molecular flexibility index (Phi) is 6.61. The van der Waals surface area contributed by atoms with Gasteiger partial charge in [0, 0.05) is 28.9 Å². The van der Waals surface area contributed by atoms with Crippen molar-refractivity contribution in [2.45, 2.75) is 19.8 Å². The number of unbranched alkanes of at least 4 members (excludes halogenated alkanes) is 1. The summed E-state index contributed by atoms with van der Waals surface area (Å²) in [6, 6.07) is 19.9. The molecule has 0 bridgehead atoms. The number of allylic oxidation sites excluding steroid dienone is 1. The third kappa shape index (κ3) is 5.19. The lowest BCUT2D eigenvalue weighted by Crippen LogP contribution is -1.97. The summed E-state index contributed by atoms with van der Waals surface area (Å²) in [4.78, 5) is 4.59. The minimum atomic E-state index is 0.500. The molecule has 2 aromatic carbocycles. The van der Waals surface area contributed by atoms with Gasteiger partial charge in [-0.15, -0.1) is 11.3 Å². The molecule has 1 aromatic heterocycles. The molecule has 136 valence electrons. The van der Waals surface area contributed by atoms with Crippen molar-refractivity contribution in [2.75, 3.05) is 11.9 Å². The van der Waals surface area contributed by atoms with Crippen molar-refractivity contribution in [1.29, 1.82) is 5.26 Å². The molecule has 27 heavy (non-hydrogen) atoms. The molecule has 0 atom stereocenters. The van der Waals surface area contributed by atoms with Crippen LogP contribution in [0.3, 0.4) is 0 Å². The van der Waals surface area contributed by atoms with E-state index < -0.39 is 0 Å². The number of nitrogens with zero attached hydrogens (tertiary/aromatic N) is 2. The summed E-state index contributed by atoms with van der Waals surface area (Å²) in [5, 5.41) is 15.4. The number of hydrogen-bond acceptors (Lipinski definition) is 5. The fourth-order valence-corrected chi connectivity index (χ4v) is 3.24. The van der Waals surface area contributed by atoms with Gasteiger partial charge >= 0.3 is 0 Å². The van der Waals surface area contributed by atoms with Crippen LogP contribution in [0.15, 0.2) is 66.2 Å². The Bertz CT molecular complexity index is 941. The van der Waals surface area contributed by atoms with Gasteiger partial charge in [-0.2, -0.15) is 5.26 Å². The smallest absolute Gasteiger partial charge is 0.136 e. The molecule has 4 nitrogen and oxygen atoms in total. The van der Waals surface area contributed by atoms with Crippen molar-refractivity contribution in [2.24, 2.45) is 0 Å². The highest BCUT2D eigenvalue weighted by Gasteiger charge is 2.08. The number of aromatic nitrogens is 1. The lowest BCUT2D eigenvalue weighted by atomic mass is 10.2. The topological polar surface area (TPSA) is 57.9 Å². The van der Waals surface area contributed by atoms with Gasteiger partial charge < -0.3 is 10.1 Å². The standard InChI is InChI=1S/C22H21N3OS/c1-2-3-12-26-20-11-7-10-19(13-20)24-15-18(14-23)22-25-21(16-27-22)17-8-5-4-6-9-17/h4-11,13,15-16,24H,2-3,12H2,1H3/b18-15+. The first-order valence-corrected chi connectivity index (χ1v) is 9.79. The molecular formula is C22H21N3OS. The molecule has 0 saturated carbocycles. The van der Waals surface area contributed by atoms with Crippen LogP contribution in [0.4, 0.5) is 5.69 Å². The predicted octanol–water partition coefficient (Wildman–Crippen LogP) is 5.97. The van der Waals surface area contributed by atoms with Gasteiger partial charge in [0.05, 0.1) is 12.3 Å². The lowest BCUT2D eigenvalue weighted by molar-refractivity contribution is 0.309. The molecule has 0 fully saturated rings. The molecule has 0 saturated heterocycles. The maximum Gasteiger partial charge on any atom is 0.136 e. The van der Waals surface area contributed by atoms with E-state index in [2.05, 4.69) is 23.3 Å². The van der Waals surface area contributed by atoms with Gasteiger partial charge in [0.15, 0.2) is 0 Å². The molecule has 0 aliphatic rings. The summed E-state index contributed by atoms with van der Waals surface area (Å²) in [6.07, 6.45) is 3.83. The van der Waals surface area contributed by atoms with Crippen LogP contribution in [-0.4, -0.2) is 11.6 Å². The number of nitrogens with one attached hydrogen (secondary N) is 1. The van der Waals surface area contributed by atoms with Gasteiger partial charge in [0.1, 0.15) is 22.4 Å². The largest absolute Gasteiger partial charge is 0.494 e. The molecule has 0 spiro atoms. The number of nitriles is 1. The Balaban J connectivity index is 1.71. The summed E-state index contributed by atoms with van der Waals surface area (Å²) in [5.41, 5.74) is 3.29. The van der Waals surface area contributed by atoms with Crippen molar-refractivity contribution >= 4 is 22.6 Å². The van der Waals surface area contributed by atoms with Gasteiger partial charge in [-0.05, 0) is 18.6 Å². The first-order valence-electron chi connectivity index (χ1n) is 8.91. The Morgan fingerprint density at radius 2 is 2.07 bits per heavy atom. The molecule has 3 rings (SSSR count). The lowest BCUT2D eigenvalue weighted by Gasteiger charge is -2.07. The fourth-order valence-electron chi connectivity index (χ4n) is 2.45. The zero-order chi connectivity index (χ0) is 18.9. The zero-order valence-corrected chi connectivity index (χ0v) is 16.0. The van der Waals surface area contributed by atoms with E-state index in [1.807, 2.05) is 60.0 Å². The first kappa shape index (κ1) is 18.7. The Morgan fingerprint density at radius 3 is 2.85 bits per heavy atom. The van der Waals surface area contributed by atoms with Crippen LogP contribution in [0.5, 0.6) is 5.75 Å². The second kappa shape index (κ2) is 9.56. The number of thiazole rings is 1. The summed E-state index contributed by atoms with van der Waals surface area (Å²) in [6.45, 7) is 2.85. The number of benzene rings is 2. The van der Waals surface area contributed by atoms with E-state index in [1.165, 1.54) is 11.3 Å². The van der Waals surface area contributed by atoms with Crippen molar-refractivity contribution in [3.63, 3.8) is 0 Å². The van der Waals surface area contributed by atoms with E-state index in [-0.39, 0.29) is 0 Å². The highest BCUT2D eigenvalue weighted by atomic mass is 32.1. The normalized spacial score (nSPS) is 11.0. The van der Waals surface area contributed by atoms with Crippen molar-refractivity contribution < 1.29 is 4.74 Å². The quantitative estimate of drug-likeness (QED) is 0.389. The summed E-state index contributed by atoms with van der Waals surface area (Å²) < 4.78 is 5.72. The average Bonchev–Trinajstić information content (AvgIpc) is 3.20. The highest BCUT2D eigenvalue weighted by Crippen LogP contribution is 2.26. The van der Waals surface area contributed by atoms with Crippen molar-refractivity contribution in [1.82, 2.24) is 4.98 Å². The van der Waals surface area contributed by atoms with Crippen LogP contribution in [0, 0.1) is 11.3 Å². The summed E-state index contributed by atoms with van der Waals surface area (Å²) in [7, 11) is 0. The first-order chi connectivity index (χ1) is 13.3. The highest BCUT2D eigenvalue weighted by molar-refractivity contribution is 7.11. The molecule has 0 amide bonds. The van der Waals surface area contributed by atoms with Crippen molar-refractivity contribution in [3.8, 4) is 23.1 Å². The molecule has 3 aromatic rings. The molecule has 1 N–H and O–H groups in total. The predicted molar refractivity (Wildman–Crippen MR) is 112 cm³/mol. The van der Waals surface area contributed by atoms with Gasteiger partial charge in [-0.3, -0.25) is 0 Å². The number of anilines is 1.